The van der Waals surface area contributed by atoms with Gasteiger partial charge >= 0.3 is 11.9 Å². The van der Waals surface area contributed by atoms with Crippen LogP contribution in [-0.2, 0) is 15.0 Å². The highest BCUT2D eigenvalue weighted by atomic mass is 35.5. The van der Waals surface area contributed by atoms with E-state index < -0.39 is 40.9 Å². The molecule has 2 heterocycles. The molecule has 2 aliphatic rings. The van der Waals surface area contributed by atoms with Crippen molar-refractivity contribution in [2.24, 2.45) is 16.6 Å². The smallest absolute Gasteiger partial charge is 0.313 e. The Morgan fingerprint density at radius 1 is 0.886 bits per heavy atom. The maximum atomic E-state index is 13.5. The molecule has 44 heavy (non-hydrogen) atoms. The van der Waals surface area contributed by atoms with Crippen molar-refractivity contribution in [2.75, 3.05) is 19.6 Å². The van der Waals surface area contributed by atoms with Gasteiger partial charge in [0, 0.05) is 22.4 Å². The first-order chi connectivity index (χ1) is 21.1. The lowest BCUT2D eigenvalue weighted by atomic mass is 9.51. The van der Waals surface area contributed by atoms with E-state index in [0.29, 0.717) is 17.0 Å². The molecule has 5 unspecified atom stereocenters. The molecule has 7 nitrogen and oxygen atoms in total. The first kappa shape index (κ1) is 32.2. The fraction of sp³-hybridized carbons (Fsp3) is 0.444. The van der Waals surface area contributed by atoms with Crippen LogP contribution in [0.2, 0.25) is 5.02 Å². The molecule has 8 heteroatoms. The van der Waals surface area contributed by atoms with Crippen molar-refractivity contribution in [1.82, 2.24) is 10.2 Å². The van der Waals surface area contributed by atoms with Crippen LogP contribution in [-0.4, -0.2) is 58.9 Å². The minimum atomic E-state index is -1.56. The van der Waals surface area contributed by atoms with E-state index in [1.54, 1.807) is 31.2 Å². The quantitative estimate of drug-likeness (QED) is 0.217. The minimum absolute atomic E-state index is 0.0728. The number of carbonyl (C=O) groups is 2. The lowest BCUT2D eigenvalue weighted by Gasteiger charge is -2.57. The first-order valence-corrected chi connectivity index (χ1v) is 16.1. The third kappa shape index (κ3) is 5.34. The molecule has 0 aromatic heterocycles. The van der Waals surface area contributed by atoms with Crippen LogP contribution >= 0.6 is 11.6 Å². The van der Waals surface area contributed by atoms with Gasteiger partial charge in [-0.2, -0.15) is 0 Å². The maximum Gasteiger partial charge on any atom is 0.313 e. The number of carboxylic acids is 2. The number of aliphatic carboxylic acids is 2. The zero-order chi connectivity index (χ0) is 31.5. The van der Waals surface area contributed by atoms with Gasteiger partial charge in [-0.1, -0.05) is 97.4 Å². The van der Waals surface area contributed by atoms with Crippen LogP contribution in [0.1, 0.15) is 68.6 Å². The molecule has 0 radical (unpaired) electrons. The monoisotopic (exact) mass is 617 g/mol. The van der Waals surface area contributed by atoms with Gasteiger partial charge < -0.3 is 20.8 Å². The van der Waals surface area contributed by atoms with E-state index in [0.717, 1.165) is 32.5 Å². The molecule has 0 aliphatic carbocycles. The Hall–Kier alpha value is -3.23. The Labute approximate surface area is 265 Å². The maximum absolute atomic E-state index is 13.5. The second-order valence-electron chi connectivity index (χ2n) is 12.6. The van der Waals surface area contributed by atoms with Crippen LogP contribution < -0.4 is 11.1 Å². The lowest BCUT2D eigenvalue weighted by molar-refractivity contribution is -0.174. The molecule has 5 atom stereocenters. The van der Waals surface area contributed by atoms with Crippen molar-refractivity contribution in [3.63, 3.8) is 0 Å². The van der Waals surface area contributed by atoms with Gasteiger partial charge in [-0.15, -0.1) is 0 Å². The molecule has 3 aromatic rings. The Morgan fingerprint density at radius 3 is 1.91 bits per heavy atom. The number of nitrogens with one attached hydrogen (secondary N) is 1. The summed E-state index contributed by atoms with van der Waals surface area (Å²) in [5.74, 6) is -3.07. The minimum Gasteiger partial charge on any atom is -0.481 e. The molecular formula is C36H44ClN3O4. The molecule has 0 saturated carbocycles. The van der Waals surface area contributed by atoms with E-state index >= 15 is 0 Å². The largest absolute Gasteiger partial charge is 0.481 e. The van der Waals surface area contributed by atoms with Crippen LogP contribution in [0.25, 0.3) is 0 Å². The lowest BCUT2D eigenvalue weighted by Crippen LogP contribution is -2.72. The number of rotatable bonds is 10. The summed E-state index contributed by atoms with van der Waals surface area (Å²) in [6.45, 7) is 6.06. The van der Waals surface area contributed by atoms with Gasteiger partial charge in [0.15, 0.2) is 0 Å². The molecule has 0 amide bonds. The summed E-state index contributed by atoms with van der Waals surface area (Å²) in [7, 11) is 0. The summed E-state index contributed by atoms with van der Waals surface area (Å²) in [6.07, 6.45) is 2.00. The van der Waals surface area contributed by atoms with Crippen molar-refractivity contribution in [3.8, 4) is 0 Å². The summed E-state index contributed by atoms with van der Waals surface area (Å²) < 4.78 is 0. The number of benzene rings is 3. The van der Waals surface area contributed by atoms with Gasteiger partial charge in [0.1, 0.15) is 5.41 Å². The molecule has 3 aromatic carbocycles. The fourth-order valence-electron chi connectivity index (χ4n) is 8.34. The van der Waals surface area contributed by atoms with Crippen LogP contribution in [0.3, 0.4) is 0 Å². The topological polar surface area (TPSA) is 116 Å². The average Bonchev–Trinajstić information content (AvgIpc) is 3.03. The second-order valence-corrected chi connectivity index (χ2v) is 13.0. The molecular weight excluding hydrogens is 574 g/mol. The van der Waals surface area contributed by atoms with Crippen LogP contribution in [0.15, 0.2) is 84.9 Å². The Bertz CT molecular complexity index is 1400. The summed E-state index contributed by atoms with van der Waals surface area (Å²) in [6, 6.07) is 27.8. The van der Waals surface area contributed by atoms with Crippen molar-refractivity contribution in [3.05, 3.63) is 107 Å². The number of halogens is 1. The van der Waals surface area contributed by atoms with Gasteiger partial charge in [0.2, 0.25) is 0 Å². The standard InChI is InChI=1S/C36H44ClN3O4/c1-3-35(32(41)42)30(28-17-10-11-18-29(28)37)36(33(43)44,25(2)39-31(35)38)19-12-22-40-23-20-34(21-24-40,26-13-6-4-7-14-26)27-15-8-5-9-16-27/h4-11,13-18,25,30-31,39H,3,12,19-24,38H2,1-2H3,(H,41,42)(H,43,44). The summed E-state index contributed by atoms with van der Waals surface area (Å²) in [5, 5.41) is 25.2. The number of nitrogens with zero attached hydrogens (tertiary/aromatic N) is 1. The number of hydrogen-bond acceptors (Lipinski definition) is 5. The third-order valence-electron chi connectivity index (χ3n) is 10.8. The number of likely N-dealkylation sites (tertiary alicyclic amines) is 1. The molecule has 2 fully saturated rings. The predicted molar refractivity (Wildman–Crippen MR) is 174 cm³/mol. The average molecular weight is 618 g/mol. The van der Waals surface area contributed by atoms with E-state index in [2.05, 4.69) is 70.9 Å². The molecule has 5 N–H and O–H groups in total. The first-order valence-electron chi connectivity index (χ1n) is 15.7. The third-order valence-corrected chi connectivity index (χ3v) is 11.2. The van der Waals surface area contributed by atoms with E-state index in [4.69, 9.17) is 17.3 Å². The molecule has 2 saturated heterocycles. The second kappa shape index (κ2) is 13.0. The van der Waals surface area contributed by atoms with Gasteiger partial charge in [-0.3, -0.25) is 14.9 Å². The van der Waals surface area contributed by atoms with E-state index in [1.165, 1.54) is 11.1 Å². The van der Waals surface area contributed by atoms with Crippen molar-refractivity contribution < 1.29 is 19.8 Å². The van der Waals surface area contributed by atoms with E-state index in [9.17, 15) is 19.8 Å². The number of piperidine rings is 2. The summed E-state index contributed by atoms with van der Waals surface area (Å²) in [5.41, 5.74) is 6.64. The highest BCUT2D eigenvalue weighted by molar-refractivity contribution is 6.31. The highest BCUT2D eigenvalue weighted by Crippen LogP contribution is 2.59. The Morgan fingerprint density at radius 2 is 1.41 bits per heavy atom. The van der Waals surface area contributed by atoms with Gasteiger partial charge in [0.05, 0.1) is 11.6 Å². The molecule has 0 bridgehead atoms. The molecule has 2 aliphatic heterocycles. The normalized spacial score (nSPS) is 28.8. The van der Waals surface area contributed by atoms with Crippen LogP contribution in [0.4, 0.5) is 0 Å². The fourth-order valence-corrected chi connectivity index (χ4v) is 8.59. The zero-order valence-corrected chi connectivity index (χ0v) is 26.3. The summed E-state index contributed by atoms with van der Waals surface area (Å²) >= 11 is 6.70. The number of carboxylic acid groups (broad SMARTS) is 2. The van der Waals surface area contributed by atoms with Gasteiger partial charge in [0.25, 0.3) is 0 Å². The molecule has 234 valence electrons. The van der Waals surface area contributed by atoms with E-state index in [-0.39, 0.29) is 18.3 Å². The number of nitrogens with two attached hydrogens (primary N) is 1. The SMILES string of the molecule is CCC1(C(=O)O)C(N)NC(C)C(CCCN2CCC(c3ccccc3)(c3ccccc3)CC2)(C(=O)O)C1c1ccccc1Cl. The Balaban J connectivity index is 1.42. The molecule has 5 rings (SSSR count). The Kier molecular flexibility index (Phi) is 9.52. The van der Waals surface area contributed by atoms with Gasteiger partial charge in [-0.25, -0.2) is 0 Å². The van der Waals surface area contributed by atoms with Crippen LogP contribution in [0, 0.1) is 10.8 Å². The van der Waals surface area contributed by atoms with Crippen LogP contribution in [0.5, 0.6) is 0 Å². The zero-order valence-electron chi connectivity index (χ0n) is 25.6. The van der Waals surface area contributed by atoms with Crippen molar-refractivity contribution >= 4 is 23.5 Å². The predicted octanol–water partition coefficient (Wildman–Crippen LogP) is 6.11. The van der Waals surface area contributed by atoms with Crippen molar-refractivity contribution in [2.45, 2.75) is 69.5 Å². The molecule has 0 spiro atoms. The summed E-state index contributed by atoms with van der Waals surface area (Å²) in [4.78, 5) is 29.0. The van der Waals surface area contributed by atoms with Gasteiger partial charge in [-0.05, 0) is 81.4 Å². The highest BCUT2D eigenvalue weighted by Gasteiger charge is 2.66. The number of hydrogen-bond donors (Lipinski definition) is 4. The van der Waals surface area contributed by atoms with E-state index in [1.807, 2.05) is 6.92 Å². The van der Waals surface area contributed by atoms with Crippen molar-refractivity contribution in [1.29, 1.82) is 0 Å².